The van der Waals surface area contributed by atoms with Gasteiger partial charge < -0.3 is 15.2 Å². The van der Waals surface area contributed by atoms with Crippen LogP contribution < -0.4 is 10.1 Å². The summed E-state index contributed by atoms with van der Waals surface area (Å²) in [4.78, 5) is 0. The first-order chi connectivity index (χ1) is 9.09. The van der Waals surface area contributed by atoms with E-state index in [-0.39, 0.29) is 12.0 Å². The van der Waals surface area contributed by atoms with Crippen molar-refractivity contribution in [3.8, 4) is 5.75 Å². The van der Waals surface area contributed by atoms with Crippen molar-refractivity contribution >= 4 is 0 Å². The Bertz CT molecular complexity index is 388. The minimum absolute atomic E-state index is 0.103. The molecule has 0 saturated carbocycles. The van der Waals surface area contributed by atoms with Gasteiger partial charge in [-0.1, -0.05) is 44.7 Å². The van der Waals surface area contributed by atoms with E-state index >= 15 is 0 Å². The Kier molecular flexibility index (Phi) is 6.60. The van der Waals surface area contributed by atoms with Crippen LogP contribution in [-0.2, 0) is 6.54 Å². The maximum Gasteiger partial charge on any atom is 0.124 e. The van der Waals surface area contributed by atoms with E-state index < -0.39 is 0 Å². The molecular formula is C16H25NO2. The van der Waals surface area contributed by atoms with Crippen molar-refractivity contribution < 1.29 is 9.84 Å². The van der Waals surface area contributed by atoms with Crippen LogP contribution in [0, 0.1) is 5.41 Å². The fourth-order valence-corrected chi connectivity index (χ4v) is 1.87. The molecule has 2 N–H and O–H groups in total. The maximum atomic E-state index is 9.00. The maximum absolute atomic E-state index is 9.00. The van der Waals surface area contributed by atoms with Gasteiger partial charge in [0, 0.05) is 25.3 Å². The molecule has 1 rings (SSSR count). The molecule has 0 radical (unpaired) electrons. The van der Waals surface area contributed by atoms with Crippen LogP contribution in [0.15, 0.2) is 36.9 Å². The van der Waals surface area contributed by atoms with E-state index in [2.05, 4.69) is 31.8 Å². The number of nitrogens with one attached hydrogen (secondary N) is 1. The van der Waals surface area contributed by atoms with E-state index in [0.29, 0.717) is 6.61 Å². The predicted molar refractivity (Wildman–Crippen MR) is 79.3 cm³/mol. The van der Waals surface area contributed by atoms with E-state index in [4.69, 9.17) is 9.84 Å². The molecular weight excluding hydrogens is 238 g/mol. The van der Waals surface area contributed by atoms with Crippen molar-refractivity contribution in [3.05, 3.63) is 42.5 Å². The minimum Gasteiger partial charge on any atom is -0.489 e. The summed E-state index contributed by atoms with van der Waals surface area (Å²) in [5, 5.41) is 12.4. The van der Waals surface area contributed by atoms with Gasteiger partial charge in [-0.15, -0.1) is 0 Å². The molecule has 0 atom stereocenters. The van der Waals surface area contributed by atoms with E-state index in [0.717, 1.165) is 30.8 Å². The topological polar surface area (TPSA) is 41.5 Å². The highest BCUT2D eigenvalue weighted by Crippen LogP contribution is 2.20. The molecule has 0 heterocycles. The molecule has 0 aliphatic rings. The molecule has 0 aliphatic heterocycles. The minimum atomic E-state index is 0.103. The summed E-state index contributed by atoms with van der Waals surface area (Å²) >= 11 is 0. The second-order valence-electron chi connectivity index (χ2n) is 5.45. The molecule has 0 unspecified atom stereocenters. The molecule has 3 nitrogen and oxygen atoms in total. The Hall–Kier alpha value is -1.32. The summed E-state index contributed by atoms with van der Waals surface area (Å²) in [5.74, 6) is 0.898. The molecule has 0 aromatic heterocycles. The van der Waals surface area contributed by atoms with Gasteiger partial charge >= 0.3 is 0 Å². The SMILES string of the molecule is C=CCOc1ccccc1CNCC(C)(C)CCO. The van der Waals surface area contributed by atoms with E-state index in [9.17, 15) is 0 Å². The van der Waals surface area contributed by atoms with Gasteiger partial charge in [0.2, 0.25) is 0 Å². The average molecular weight is 263 g/mol. The third-order valence-electron chi connectivity index (χ3n) is 3.04. The number of aliphatic hydroxyl groups excluding tert-OH is 1. The van der Waals surface area contributed by atoms with Crippen molar-refractivity contribution in [1.82, 2.24) is 5.32 Å². The van der Waals surface area contributed by atoms with Crippen LogP contribution in [0.1, 0.15) is 25.8 Å². The number of hydrogen-bond donors (Lipinski definition) is 2. The van der Waals surface area contributed by atoms with Crippen LogP contribution in [-0.4, -0.2) is 24.9 Å². The van der Waals surface area contributed by atoms with Crippen LogP contribution in [0.4, 0.5) is 0 Å². The molecule has 0 saturated heterocycles. The van der Waals surface area contributed by atoms with Crippen molar-refractivity contribution in [3.63, 3.8) is 0 Å². The van der Waals surface area contributed by atoms with Crippen LogP contribution in [0.5, 0.6) is 5.75 Å². The zero-order valence-corrected chi connectivity index (χ0v) is 12.0. The summed E-state index contributed by atoms with van der Waals surface area (Å²) in [6, 6.07) is 8.01. The highest BCUT2D eigenvalue weighted by molar-refractivity contribution is 5.33. The molecule has 0 amide bonds. The number of hydrogen-bond acceptors (Lipinski definition) is 3. The van der Waals surface area contributed by atoms with Gasteiger partial charge in [0.1, 0.15) is 12.4 Å². The van der Waals surface area contributed by atoms with Crippen molar-refractivity contribution in [1.29, 1.82) is 0 Å². The molecule has 0 bridgehead atoms. The second-order valence-corrected chi connectivity index (χ2v) is 5.45. The lowest BCUT2D eigenvalue weighted by atomic mass is 9.90. The van der Waals surface area contributed by atoms with Crippen molar-refractivity contribution in [2.75, 3.05) is 19.8 Å². The first-order valence-corrected chi connectivity index (χ1v) is 6.72. The Balaban J connectivity index is 2.50. The van der Waals surface area contributed by atoms with Gasteiger partial charge in [-0.25, -0.2) is 0 Å². The van der Waals surface area contributed by atoms with Crippen LogP contribution >= 0.6 is 0 Å². The summed E-state index contributed by atoms with van der Waals surface area (Å²) in [7, 11) is 0. The van der Waals surface area contributed by atoms with Crippen LogP contribution in [0.25, 0.3) is 0 Å². The molecule has 3 heteroatoms. The molecule has 106 valence electrons. The number of rotatable bonds is 9. The van der Waals surface area contributed by atoms with Crippen molar-refractivity contribution in [2.24, 2.45) is 5.41 Å². The quantitative estimate of drug-likeness (QED) is 0.673. The van der Waals surface area contributed by atoms with E-state index in [1.807, 2.05) is 18.2 Å². The van der Waals surface area contributed by atoms with Crippen LogP contribution in [0.3, 0.4) is 0 Å². The summed E-state index contributed by atoms with van der Waals surface area (Å²) in [5.41, 5.74) is 1.25. The predicted octanol–water partition coefficient (Wildman–Crippen LogP) is 2.75. The average Bonchev–Trinajstić information content (AvgIpc) is 2.37. The first-order valence-electron chi connectivity index (χ1n) is 6.72. The van der Waals surface area contributed by atoms with Gasteiger partial charge in [-0.3, -0.25) is 0 Å². The zero-order chi connectivity index (χ0) is 14.1. The summed E-state index contributed by atoms with van der Waals surface area (Å²) in [6.07, 6.45) is 2.54. The summed E-state index contributed by atoms with van der Waals surface area (Å²) < 4.78 is 5.62. The van der Waals surface area contributed by atoms with Crippen LogP contribution in [0.2, 0.25) is 0 Å². The number of ether oxygens (including phenoxy) is 1. The normalized spacial score (nSPS) is 11.3. The zero-order valence-electron chi connectivity index (χ0n) is 12.0. The third kappa shape index (κ3) is 5.90. The number of aliphatic hydroxyl groups is 1. The Morgan fingerprint density at radius 2 is 2.11 bits per heavy atom. The van der Waals surface area contributed by atoms with E-state index in [1.54, 1.807) is 6.08 Å². The number of para-hydroxylation sites is 1. The Labute approximate surface area is 116 Å². The molecule has 0 aliphatic carbocycles. The van der Waals surface area contributed by atoms with Gasteiger partial charge in [0.05, 0.1) is 0 Å². The fourth-order valence-electron chi connectivity index (χ4n) is 1.87. The second kappa shape index (κ2) is 7.97. The lowest BCUT2D eigenvalue weighted by Crippen LogP contribution is -2.30. The fraction of sp³-hybridized carbons (Fsp3) is 0.500. The van der Waals surface area contributed by atoms with Gasteiger partial charge in [-0.2, -0.15) is 0 Å². The van der Waals surface area contributed by atoms with Crippen molar-refractivity contribution in [2.45, 2.75) is 26.8 Å². The Morgan fingerprint density at radius 3 is 2.79 bits per heavy atom. The van der Waals surface area contributed by atoms with Gasteiger partial charge in [-0.05, 0) is 17.9 Å². The molecule has 0 fully saturated rings. The lowest BCUT2D eigenvalue weighted by molar-refractivity contribution is 0.207. The molecule has 1 aromatic rings. The molecule has 0 spiro atoms. The first kappa shape index (κ1) is 15.7. The number of benzene rings is 1. The lowest BCUT2D eigenvalue weighted by Gasteiger charge is -2.24. The monoisotopic (exact) mass is 263 g/mol. The smallest absolute Gasteiger partial charge is 0.124 e. The highest BCUT2D eigenvalue weighted by Gasteiger charge is 2.16. The van der Waals surface area contributed by atoms with Gasteiger partial charge in [0.15, 0.2) is 0 Å². The largest absolute Gasteiger partial charge is 0.489 e. The Morgan fingerprint density at radius 1 is 1.37 bits per heavy atom. The molecule has 1 aromatic carbocycles. The summed E-state index contributed by atoms with van der Waals surface area (Å²) in [6.45, 7) is 10.3. The molecule has 19 heavy (non-hydrogen) atoms. The highest BCUT2D eigenvalue weighted by atomic mass is 16.5. The third-order valence-corrected chi connectivity index (χ3v) is 3.04. The van der Waals surface area contributed by atoms with Gasteiger partial charge in [0.25, 0.3) is 0 Å². The van der Waals surface area contributed by atoms with E-state index in [1.165, 1.54) is 0 Å². The standard InChI is InChI=1S/C16H25NO2/c1-4-11-19-15-8-6-5-7-14(15)12-17-13-16(2,3)9-10-18/h4-8,17-18H,1,9-13H2,2-3H3.